The zero-order valence-corrected chi connectivity index (χ0v) is 16.5. The summed E-state index contributed by atoms with van der Waals surface area (Å²) in [6.45, 7) is 7.44. The summed E-state index contributed by atoms with van der Waals surface area (Å²) in [4.78, 5) is 23.3. The Kier molecular flexibility index (Phi) is 5.00. The SMILES string of the molecule is Cc1nn(C)c(C)c1NC(=O)c1ccc(Cn2nc(C)c([N+](=O)[O-])c2C)cc1. The van der Waals surface area contributed by atoms with Crippen LogP contribution in [0.25, 0.3) is 0 Å². The van der Waals surface area contributed by atoms with Gasteiger partial charge in [-0.2, -0.15) is 10.2 Å². The molecule has 0 aliphatic carbocycles. The van der Waals surface area contributed by atoms with Crippen molar-refractivity contribution in [2.24, 2.45) is 7.05 Å². The van der Waals surface area contributed by atoms with E-state index in [9.17, 15) is 14.9 Å². The number of rotatable bonds is 5. The number of anilines is 1. The maximum absolute atomic E-state index is 12.5. The predicted molar refractivity (Wildman–Crippen MR) is 105 cm³/mol. The molecule has 0 radical (unpaired) electrons. The number of hydrogen-bond acceptors (Lipinski definition) is 5. The lowest BCUT2D eigenvalue weighted by Gasteiger charge is -2.08. The zero-order chi connectivity index (χ0) is 20.6. The fourth-order valence-electron chi connectivity index (χ4n) is 3.18. The minimum absolute atomic E-state index is 0.0400. The Morgan fingerprint density at radius 1 is 1.07 bits per heavy atom. The molecular formula is C19H22N6O3. The molecule has 2 heterocycles. The third-order valence-corrected chi connectivity index (χ3v) is 4.82. The number of nitrogens with one attached hydrogen (secondary N) is 1. The first-order valence-electron chi connectivity index (χ1n) is 8.78. The van der Waals surface area contributed by atoms with Gasteiger partial charge in [-0.05, 0) is 45.4 Å². The summed E-state index contributed by atoms with van der Waals surface area (Å²) in [6.07, 6.45) is 0. The van der Waals surface area contributed by atoms with Crippen molar-refractivity contribution in [3.8, 4) is 0 Å². The van der Waals surface area contributed by atoms with Crippen LogP contribution in [0.1, 0.15) is 38.7 Å². The van der Waals surface area contributed by atoms with Crippen LogP contribution in [0.2, 0.25) is 0 Å². The number of nitro groups is 1. The highest BCUT2D eigenvalue weighted by atomic mass is 16.6. The molecule has 1 N–H and O–H groups in total. The molecule has 3 aromatic rings. The summed E-state index contributed by atoms with van der Waals surface area (Å²) in [6, 6.07) is 7.10. The molecule has 0 aliphatic heterocycles. The maximum Gasteiger partial charge on any atom is 0.312 e. The molecular weight excluding hydrogens is 360 g/mol. The monoisotopic (exact) mass is 382 g/mol. The second kappa shape index (κ2) is 7.26. The van der Waals surface area contributed by atoms with Gasteiger partial charge in [0.15, 0.2) is 0 Å². The molecule has 0 spiro atoms. The number of amides is 1. The quantitative estimate of drug-likeness (QED) is 0.539. The lowest BCUT2D eigenvalue weighted by Crippen LogP contribution is -2.13. The van der Waals surface area contributed by atoms with Gasteiger partial charge in [0.05, 0.1) is 28.5 Å². The highest BCUT2D eigenvalue weighted by Gasteiger charge is 2.21. The standard InChI is InChI=1S/C19H22N6O3/c1-11-17(13(3)23(5)21-11)20-19(26)16-8-6-15(7-9-16)10-24-14(4)18(25(27)28)12(2)22-24/h6-9H,10H2,1-5H3,(H,20,26). The highest BCUT2D eigenvalue weighted by Crippen LogP contribution is 2.23. The van der Waals surface area contributed by atoms with Crippen LogP contribution in [-0.2, 0) is 13.6 Å². The molecule has 28 heavy (non-hydrogen) atoms. The summed E-state index contributed by atoms with van der Waals surface area (Å²) in [7, 11) is 1.83. The molecule has 1 amide bonds. The molecule has 0 saturated carbocycles. The van der Waals surface area contributed by atoms with E-state index >= 15 is 0 Å². The van der Waals surface area contributed by atoms with Crippen LogP contribution in [0.3, 0.4) is 0 Å². The van der Waals surface area contributed by atoms with Gasteiger partial charge in [-0.15, -0.1) is 0 Å². The first-order chi connectivity index (χ1) is 13.2. The highest BCUT2D eigenvalue weighted by molar-refractivity contribution is 6.04. The number of benzene rings is 1. The van der Waals surface area contributed by atoms with Crippen molar-refractivity contribution in [3.63, 3.8) is 0 Å². The Bertz CT molecular complexity index is 1060. The molecule has 0 fully saturated rings. The van der Waals surface area contributed by atoms with Crippen molar-refractivity contribution < 1.29 is 9.72 Å². The molecule has 9 heteroatoms. The van der Waals surface area contributed by atoms with E-state index in [0.717, 1.165) is 17.0 Å². The van der Waals surface area contributed by atoms with E-state index in [1.165, 1.54) is 0 Å². The van der Waals surface area contributed by atoms with Crippen LogP contribution in [0.5, 0.6) is 0 Å². The Morgan fingerprint density at radius 2 is 1.71 bits per heavy atom. The molecule has 146 valence electrons. The van der Waals surface area contributed by atoms with Gasteiger partial charge >= 0.3 is 5.69 Å². The molecule has 0 aliphatic rings. The molecule has 9 nitrogen and oxygen atoms in total. The van der Waals surface area contributed by atoms with E-state index in [1.807, 2.05) is 33.0 Å². The molecule has 0 unspecified atom stereocenters. The van der Waals surface area contributed by atoms with Gasteiger partial charge in [-0.1, -0.05) is 12.1 Å². The fraction of sp³-hybridized carbons (Fsp3) is 0.316. The van der Waals surface area contributed by atoms with Crippen molar-refractivity contribution in [2.75, 3.05) is 5.32 Å². The summed E-state index contributed by atoms with van der Waals surface area (Å²) >= 11 is 0. The molecule has 0 bridgehead atoms. The van der Waals surface area contributed by atoms with E-state index in [0.29, 0.717) is 29.2 Å². The Labute approximate surface area is 162 Å². The van der Waals surface area contributed by atoms with Crippen LogP contribution < -0.4 is 5.32 Å². The summed E-state index contributed by atoms with van der Waals surface area (Å²) in [5.41, 5.74) is 4.71. The summed E-state index contributed by atoms with van der Waals surface area (Å²) in [5.74, 6) is -0.215. The van der Waals surface area contributed by atoms with E-state index in [2.05, 4.69) is 15.5 Å². The number of nitrogens with zero attached hydrogens (tertiary/aromatic N) is 5. The van der Waals surface area contributed by atoms with E-state index in [-0.39, 0.29) is 11.6 Å². The third kappa shape index (κ3) is 3.51. The number of aromatic nitrogens is 4. The van der Waals surface area contributed by atoms with Gasteiger partial charge in [0.1, 0.15) is 11.4 Å². The molecule has 2 aromatic heterocycles. The Balaban J connectivity index is 1.76. The van der Waals surface area contributed by atoms with Crippen molar-refractivity contribution in [1.82, 2.24) is 19.6 Å². The minimum Gasteiger partial charge on any atom is -0.319 e. The van der Waals surface area contributed by atoms with Crippen LogP contribution in [0.4, 0.5) is 11.4 Å². The van der Waals surface area contributed by atoms with Crippen molar-refractivity contribution in [3.05, 3.63) is 68.3 Å². The van der Waals surface area contributed by atoms with Crippen LogP contribution in [0.15, 0.2) is 24.3 Å². The average molecular weight is 382 g/mol. The van der Waals surface area contributed by atoms with Crippen molar-refractivity contribution >= 4 is 17.3 Å². The third-order valence-electron chi connectivity index (χ3n) is 4.82. The average Bonchev–Trinajstić information content (AvgIpc) is 3.04. The van der Waals surface area contributed by atoms with Crippen LogP contribution in [0, 0.1) is 37.8 Å². The van der Waals surface area contributed by atoms with Crippen molar-refractivity contribution in [1.29, 1.82) is 0 Å². The van der Waals surface area contributed by atoms with Gasteiger partial charge in [0.2, 0.25) is 0 Å². The van der Waals surface area contributed by atoms with Gasteiger partial charge in [0.25, 0.3) is 5.91 Å². The van der Waals surface area contributed by atoms with Crippen molar-refractivity contribution in [2.45, 2.75) is 34.2 Å². The minimum atomic E-state index is -0.413. The predicted octanol–water partition coefficient (Wildman–Crippen LogP) is 3.06. The normalized spacial score (nSPS) is 10.9. The molecule has 1 aromatic carbocycles. The topological polar surface area (TPSA) is 108 Å². The first kappa shape index (κ1) is 19.3. The second-order valence-electron chi connectivity index (χ2n) is 6.75. The van der Waals surface area contributed by atoms with Gasteiger partial charge in [0, 0.05) is 12.6 Å². The molecule has 0 atom stereocenters. The van der Waals surface area contributed by atoms with Crippen LogP contribution in [-0.4, -0.2) is 30.4 Å². The fourth-order valence-corrected chi connectivity index (χ4v) is 3.18. The van der Waals surface area contributed by atoms with E-state index in [1.54, 1.807) is 35.3 Å². The second-order valence-corrected chi connectivity index (χ2v) is 6.75. The van der Waals surface area contributed by atoms with E-state index in [4.69, 9.17) is 0 Å². The summed E-state index contributed by atoms with van der Waals surface area (Å²) < 4.78 is 3.33. The lowest BCUT2D eigenvalue weighted by molar-refractivity contribution is -0.386. The van der Waals surface area contributed by atoms with E-state index < -0.39 is 4.92 Å². The summed E-state index contributed by atoms with van der Waals surface area (Å²) in [5, 5.41) is 22.6. The first-order valence-corrected chi connectivity index (χ1v) is 8.78. The van der Waals surface area contributed by atoms with Gasteiger partial charge in [-0.25, -0.2) is 0 Å². The largest absolute Gasteiger partial charge is 0.319 e. The Hall–Kier alpha value is -3.49. The van der Waals surface area contributed by atoms with Crippen LogP contribution >= 0.6 is 0 Å². The molecule has 3 rings (SSSR count). The maximum atomic E-state index is 12.5. The number of aryl methyl sites for hydroxylation is 3. The number of carbonyl (C=O) groups is 1. The molecule has 0 saturated heterocycles. The van der Waals surface area contributed by atoms with Gasteiger partial charge < -0.3 is 5.32 Å². The van der Waals surface area contributed by atoms with Gasteiger partial charge in [-0.3, -0.25) is 24.3 Å². The smallest absolute Gasteiger partial charge is 0.312 e. The zero-order valence-electron chi connectivity index (χ0n) is 16.5. The Morgan fingerprint density at radius 3 is 2.21 bits per heavy atom. The number of hydrogen-bond donors (Lipinski definition) is 1. The lowest BCUT2D eigenvalue weighted by atomic mass is 10.1. The number of carbonyl (C=O) groups excluding carboxylic acids is 1.